The molecule has 0 nitrogen and oxygen atoms in total. The molecule has 0 heteroatoms. The smallest absolute Gasteiger partial charge is 0.00107 e. The van der Waals surface area contributed by atoms with Crippen LogP contribution in [0.5, 0.6) is 0 Å². The molecule has 0 heterocycles. The van der Waals surface area contributed by atoms with Crippen molar-refractivity contribution in [1.29, 1.82) is 0 Å². The van der Waals surface area contributed by atoms with E-state index in [-0.39, 0.29) is 5.41 Å². The third-order valence-electron chi connectivity index (χ3n) is 3.09. The van der Waals surface area contributed by atoms with Crippen LogP contribution < -0.4 is 0 Å². The van der Waals surface area contributed by atoms with Crippen LogP contribution in [0.4, 0.5) is 0 Å². The van der Waals surface area contributed by atoms with Gasteiger partial charge in [0.15, 0.2) is 0 Å². The first-order chi connectivity index (χ1) is 8.05. The van der Waals surface area contributed by atoms with Gasteiger partial charge in [-0.3, -0.25) is 0 Å². The van der Waals surface area contributed by atoms with Gasteiger partial charge in [0.05, 0.1) is 0 Å². The maximum atomic E-state index is 2.27. The van der Waals surface area contributed by atoms with Gasteiger partial charge in [-0.25, -0.2) is 0 Å². The molecule has 0 bridgehead atoms. The molecular formula is C17H20. The van der Waals surface area contributed by atoms with Crippen molar-refractivity contribution in [3.63, 3.8) is 0 Å². The van der Waals surface area contributed by atoms with Crippen LogP contribution in [-0.4, -0.2) is 0 Å². The Bertz CT molecular complexity index is 467. The van der Waals surface area contributed by atoms with Crippen molar-refractivity contribution < 1.29 is 0 Å². The van der Waals surface area contributed by atoms with Crippen LogP contribution in [0.2, 0.25) is 0 Å². The quantitative estimate of drug-likeness (QED) is 0.688. The molecule has 0 N–H and O–H groups in total. The van der Waals surface area contributed by atoms with Crippen molar-refractivity contribution in [2.45, 2.75) is 27.2 Å². The predicted molar refractivity (Wildman–Crippen MR) is 75.0 cm³/mol. The molecule has 0 aliphatic heterocycles. The van der Waals surface area contributed by atoms with Gasteiger partial charge in [-0.2, -0.15) is 0 Å². The van der Waals surface area contributed by atoms with Gasteiger partial charge in [0.1, 0.15) is 0 Å². The molecule has 0 spiro atoms. The molecule has 0 radical (unpaired) electrons. The van der Waals surface area contributed by atoms with Gasteiger partial charge in [0.25, 0.3) is 0 Å². The fourth-order valence-electron chi connectivity index (χ4n) is 1.91. The Kier molecular flexibility index (Phi) is 3.33. The summed E-state index contributed by atoms with van der Waals surface area (Å²) in [5.41, 5.74) is 4.24. The molecule has 0 amide bonds. The molecule has 1 aromatic rings. The number of hydrogen-bond acceptors (Lipinski definition) is 0. The first-order valence-electron chi connectivity index (χ1n) is 6.18. The van der Waals surface area contributed by atoms with E-state index in [1.54, 1.807) is 0 Å². The maximum Gasteiger partial charge on any atom is 0.00107 e. The first-order valence-corrected chi connectivity index (χ1v) is 6.18. The lowest BCUT2D eigenvalue weighted by Crippen LogP contribution is -2.00. The van der Waals surface area contributed by atoms with Gasteiger partial charge in [-0.1, -0.05) is 74.1 Å². The van der Waals surface area contributed by atoms with Crippen molar-refractivity contribution >= 4 is 0 Å². The summed E-state index contributed by atoms with van der Waals surface area (Å²) < 4.78 is 0. The summed E-state index contributed by atoms with van der Waals surface area (Å²) in [6, 6.07) is 8.78. The third kappa shape index (κ3) is 3.45. The summed E-state index contributed by atoms with van der Waals surface area (Å²) >= 11 is 0. The fourth-order valence-corrected chi connectivity index (χ4v) is 1.91. The Balaban J connectivity index is 2.13. The van der Waals surface area contributed by atoms with Crippen molar-refractivity contribution in [3.8, 4) is 0 Å². The molecule has 0 saturated heterocycles. The van der Waals surface area contributed by atoms with Crippen LogP contribution in [0, 0.1) is 12.3 Å². The van der Waals surface area contributed by atoms with E-state index in [4.69, 9.17) is 0 Å². The van der Waals surface area contributed by atoms with Crippen molar-refractivity contribution in [1.82, 2.24) is 0 Å². The number of rotatable bonds is 2. The van der Waals surface area contributed by atoms with E-state index in [9.17, 15) is 0 Å². The highest BCUT2D eigenvalue weighted by Gasteiger charge is 2.10. The lowest BCUT2D eigenvalue weighted by Gasteiger charge is -2.12. The molecule has 2 rings (SSSR count). The summed E-state index contributed by atoms with van der Waals surface area (Å²) in [7, 11) is 0. The van der Waals surface area contributed by atoms with Crippen LogP contribution in [-0.2, 0) is 6.42 Å². The standard InChI is InChI=1S/C17H20/c1-14-6-8-16(9-7-14)13-15-5-4-11-17(2,3)12-10-15/h4-12H,13H2,1-3H3. The molecule has 0 saturated carbocycles. The Morgan fingerprint density at radius 3 is 2.41 bits per heavy atom. The average Bonchev–Trinajstić information content (AvgIpc) is 2.44. The van der Waals surface area contributed by atoms with Gasteiger partial charge in [0, 0.05) is 5.41 Å². The molecule has 17 heavy (non-hydrogen) atoms. The number of aryl methyl sites for hydroxylation is 1. The van der Waals surface area contributed by atoms with Crippen LogP contribution in [0.25, 0.3) is 0 Å². The molecule has 1 aliphatic carbocycles. The van der Waals surface area contributed by atoms with E-state index >= 15 is 0 Å². The Labute approximate surface area is 104 Å². The summed E-state index contributed by atoms with van der Waals surface area (Å²) in [4.78, 5) is 0. The normalized spacial score (nSPS) is 17.7. The van der Waals surface area contributed by atoms with E-state index in [2.05, 4.69) is 75.4 Å². The van der Waals surface area contributed by atoms with E-state index in [0.29, 0.717) is 0 Å². The van der Waals surface area contributed by atoms with Gasteiger partial charge >= 0.3 is 0 Å². The van der Waals surface area contributed by atoms with Crippen molar-refractivity contribution in [2.24, 2.45) is 5.41 Å². The summed E-state index contributed by atoms with van der Waals surface area (Å²) in [6.07, 6.45) is 12.2. The highest BCUT2D eigenvalue weighted by molar-refractivity contribution is 5.35. The molecule has 88 valence electrons. The highest BCUT2D eigenvalue weighted by Crippen LogP contribution is 2.23. The van der Waals surface area contributed by atoms with E-state index < -0.39 is 0 Å². The van der Waals surface area contributed by atoms with Crippen LogP contribution in [0.3, 0.4) is 0 Å². The monoisotopic (exact) mass is 224 g/mol. The van der Waals surface area contributed by atoms with Crippen molar-refractivity contribution in [2.75, 3.05) is 0 Å². The molecule has 0 fully saturated rings. The maximum absolute atomic E-state index is 2.27. The zero-order valence-electron chi connectivity index (χ0n) is 10.9. The Morgan fingerprint density at radius 1 is 1.00 bits per heavy atom. The summed E-state index contributed by atoms with van der Waals surface area (Å²) in [5.74, 6) is 0. The largest absolute Gasteiger partial charge is 0.0751 e. The molecule has 1 aliphatic rings. The zero-order chi connectivity index (χ0) is 12.3. The molecule has 1 aromatic carbocycles. The van der Waals surface area contributed by atoms with Crippen molar-refractivity contribution in [3.05, 3.63) is 71.3 Å². The van der Waals surface area contributed by atoms with E-state index in [1.807, 2.05) is 0 Å². The lowest BCUT2D eigenvalue weighted by atomic mass is 9.93. The highest BCUT2D eigenvalue weighted by atomic mass is 14.1. The van der Waals surface area contributed by atoms with Gasteiger partial charge in [0.2, 0.25) is 0 Å². The molecule has 0 unspecified atom stereocenters. The van der Waals surface area contributed by atoms with Gasteiger partial charge in [-0.15, -0.1) is 0 Å². The number of hydrogen-bond donors (Lipinski definition) is 0. The third-order valence-corrected chi connectivity index (χ3v) is 3.09. The van der Waals surface area contributed by atoms with E-state index in [1.165, 1.54) is 16.7 Å². The fraction of sp³-hybridized carbons (Fsp3) is 0.294. The van der Waals surface area contributed by atoms with Crippen LogP contribution in [0.1, 0.15) is 25.0 Å². The topological polar surface area (TPSA) is 0 Å². The average molecular weight is 224 g/mol. The first kappa shape index (κ1) is 11.9. The minimum Gasteiger partial charge on any atom is -0.0751 e. The minimum absolute atomic E-state index is 0.172. The minimum atomic E-state index is 0.172. The van der Waals surface area contributed by atoms with Crippen LogP contribution >= 0.6 is 0 Å². The Hall–Kier alpha value is -1.56. The second kappa shape index (κ2) is 4.75. The summed E-state index contributed by atoms with van der Waals surface area (Å²) in [6.45, 7) is 6.57. The van der Waals surface area contributed by atoms with Gasteiger partial charge < -0.3 is 0 Å². The zero-order valence-corrected chi connectivity index (χ0v) is 10.9. The molecule has 0 atom stereocenters. The van der Waals surface area contributed by atoms with Crippen LogP contribution in [0.15, 0.2) is 60.2 Å². The number of allylic oxidation sites excluding steroid dienone is 6. The summed E-state index contributed by atoms with van der Waals surface area (Å²) in [5, 5.41) is 0. The predicted octanol–water partition coefficient (Wildman–Crippen LogP) is 4.62. The Morgan fingerprint density at radius 2 is 1.71 bits per heavy atom. The molecule has 0 aromatic heterocycles. The SMILES string of the molecule is Cc1ccc(CC2=CC=CC(C)(C)C=C2)cc1. The second-order valence-corrected chi connectivity index (χ2v) is 5.42. The van der Waals surface area contributed by atoms with Gasteiger partial charge in [-0.05, 0) is 24.5 Å². The van der Waals surface area contributed by atoms with E-state index in [0.717, 1.165) is 6.42 Å². The molecular weight excluding hydrogens is 204 g/mol. The second-order valence-electron chi connectivity index (χ2n) is 5.42. The number of benzene rings is 1. The lowest BCUT2D eigenvalue weighted by molar-refractivity contribution is 0.627.